The van der Waals surface area contributed by atoms with E-state index in [4.69, 9.17) is 9.47 Å². The highest BCUT2D eigenvalue weighted by Crippen LogP contribution is 2.28. The maximum absolute atomic E-state index is 12.4. The number of rotatable bonds is 3. The average Bonchev–Trinajstić information content (AvgIpc) is 2.46. The van der Waals surface area contributed by atoms with Gasteiger partial charge in [0.1, 0.15) is 0 Å². The van der Waals surface area contributed by atoms with Gasteiger partial charge >= 0.3 is 0 Å². The number of nitrogens with zero attached hydrogens (tertiary/aromatic N) is 1. The zero-order chi connectivity index (χ0) is 13.8. The molecule has 0 atom stereocenters. The molecule has 0 bridgehead atoms. The molecule has 2 rings (SSSR count). The van der Waals surface area contributed by atoms with Gasteiger partial charge in [-0.15, -0.1) is 0 Å². The van der Waals surface area contributed by atoms with Crippen molar-refractivity contribution >= 4 is 5.91 Å². The molecule has 0 spiro atoms. The second-order valence-corrected chi connectivity index (χ2v) is 5.04. The van der Waals surface area contributed by atoms with Gasteiger partial charge in [0, 0.05) is 18.7 Å². The maximum Gasteiger partial charge on any atom is 0.253 e. The molecular formula is C15H21NO3. The first-order chi connectivity index (χ1) is 9.15. The lowest BCUT2D eigenvalue weighted by molar-refractivity contribution is 0.0697. The number of amides is 1. The van der Waals surface area contributed by atoms with Crippen molar-refractivity contribution in [3.8, 4) is 11.5 Å². The summed E-state index contributed by atoms with van der Waals surface area (Å²) in [7, 11) is 3.17. The predicted molar refractivity (Wildman–Crippen MR) is 73.8 cm³/mol. The Labute approximate surface area is 114 Å². The van der Waals surface area contributed by atoms with Crippen LogP contribution in [0.15, 0.2) is 18.2 Å². The van der Waals surface area contributed by atoms with Crippen LogP contribution in [-0.2, 0) is 0 Å². The Morgan fingerprint density at radius 2 is 1.79 bits per heavy atom. The van der Waals surface area contributed by atoms with Crippen LogP contribution in [0.5, 0.6) is 11.5 Å². The highest BCUT2D eigenvalue weighted by atomic mass is 16.5. The van der Waals surface area contributed by atoms with Crippen LogP contribution in [0, 0.1) is 5.92 Å². The van der Waals surface area contributed by atoms with Gasteiger partial charge in [0.15, 0.2) is 11.5 Å². The zero-order valence-electron chi connectivity index (χ0n) is 11.8. The highest BCUT2D eigenvalue weighted by Gasteiger charge is 2.22. The van der Waals surface area contributed by atoms with E-state index in [0.29, 0.717) is 17.1 Å². The molecule has 1 aromatic carbocycles. The lowest BCUT2D eigenvalue weighted by atomic mass is 9.98. The van der Waals surface area contributed by atoms with Crippen LogP contribution in [0.2, 0.25) is 0 Å². The molecule has 1 fully saturated rings. The number of hydrogen-bond donors (Lipinski definition) is 0. The van der Waals surface area contributed by atoms with Gasteiger partial charge in [-0.2, -0.15) is 0 Å². The van der Waals surface area contributed by atoms with Crippen molar-refractivity contribution in [1.82, 2.24) is 4.90 Å². The van der Waals surface area contributed by atoms with Crippen molar-refractivity contribution < 1.29 is 14.3 Å². The van der Waals surface area contributed by atoms with Gasteiger partial charge in [0.2, 0.25) is 0 Å². The van der Waals surface area contributed by atoms with E-state index in [1.807, 2.05) is 4.90 Å². The van der Waals surface area contributed by atoms with E-state index in [2.05, 4.69) is 6.92 Å². The average molecular weight is 263 g/mol. The Balaban J connectivity index is 2.15. The molecule has 104 valence electrons. The summed E-state index contributed by atoms with van der Waals surface area (Å²) in [6.45, 7) is 3.92. The van der Waals surface area contributed by atoms with E-state index in [0.717, 1.165) is 31.8 Å². The molecule has 0 N–H and O–H groups in total. The van der Waals surface area contributed by atoms with Gasteiger partial charge in [0.25, 0.3) is 5.91 Å². The van der Waals surface area contributed by atoms with Gasteiger partial charge in [-0.05, 0) is 37.0 Å². The summed E-state index contributed by atoms with van der Waals surface area (Å²) in [4.78, 5) is 14.3. The van der Waals surface area contributed by atoms with Crippen LogP contribution in [0.3, 0.4) is 0 Å². The maximum atomic E-state index is 12.4. The molecule has 0 radical (unpaired) electrons. The minimum atomic E-state index is 0.0767. The normalized spacial score (nSPS) is 16.3. The van der Waals surface area contributed by atoms with E-state index in [-0.39, 0.29) is 5.91 Å². The van der Waals surface area contributed by atoms with Gasteiger partial charge in [-0.3, -0.25) is 4.79 Å². The fourth-order valence-corrected chi connectivity index (χ4v) is 2.36. The first kappa shape index (κ1) is 13.7. The summed E-state index contributed by atoms with van der Waals surface area (Å²) in [5.74, 6) is 2.03. The summed E-state index contributed by atoms with van der Waals surface area (Å²) in [5, 5.41) is 0. The third kappa shape index (κ3) is 3.00. The second-order valence-electron chi connectivity index (χ2n) is 5.04. The number of likely N-dealkylation sites (tertiary alicyclic amines) is 1. The van der Waals surface area contributed by atoms with E-state index in [9.17, 15) is 4.79 Å². The summed E-state index contributed by atoms with van der Waals surface area (Å²) >= 11 is 0. The molecule has 1 saturated heterocycles. The van der Waals surface area contributed by atoms with E-state index in [1.165, 1.54) is 0 Å². The van der Waals surface area contributed by atoms with Gasteiger partial charge < -0.3 is 14.4 Å². The van der Waals surface area contributed by atoms with Crippen LogP contribution in [-0.4, -0.2) is 38.1 Å². The van der Waals surface area contributed by atoms with Gasteiger partial charge in [0.05, 0.1) is 14.2 Å². The molecule has 0 saturated carbocycles. The minimum absolute atomic E-state index is 0.0767. The molecule has 1 heterocycles. The molecule has 4 heteroatoms. The Bertz CT molecular complexity index is 451. The number of carbonyl (C=O) groups excluding carboxylic acids is 1. The van der Waals surface area contributed by atoms with Crippen molar-refractivity contribution in [2.24, 2.45) is 5.92 Å². The predicted octanol–water partition coefficient (Wildman–Crippen LogP) is 2.58. The summed E-state index contributed by atoms with van der Waals surface area (Å²) in [6.07, 6.45) is 2.16. The van der Waals surface area contributed by atoms with E-state index < -0.39 is 0 Å². The van der Waals surface area contributed by atoms with Crippen molar-refractivity contribution in [1.29, 1.82) is 0 Å². The van der Waals surface area contributed by atoms with Crippen molar-refractivity contribution in [3.05, 3.63) is 23.8 Å². The lowest BCUT2D eigenvalue weighted by Gasteiger charge is -2.30. The van der Waals surface area contributed by atoms with Crippen molar-refractivity contribution in [2.45, 2.75) is 19.8 Å². The molecule has 1 amide bonds. The van der Waals surface area contributed by atoms with Gasteiger partial charge in [-0.25, -0.2) is 0 Å². The first-order valence-corrected chi connectivity index (χ1v) is 6.67. The fraction of sp³-hybridized carbons (Fsp3) is 0.533. The largest absolute Gasteiger partial charge is 0.493 e. The number of hydrogen-bond acceptors (Lipinski definition) is 3. The number of carbonyl (C=O) groups is 1. The molecule has 1 aromatic rings. The van der Waals surface area contributed by atoms with Crippen LogP contribution in [0.25, 0.3) is 0 Å². The Kier molecular flexibility index (Phi) is 4.30. The molecular weight excluding hydrogens is 242 g/mol. The number of piperidine rings is 1. The highest BCUT2D eigenvalue weighted by molar-refractivity contribution is 5.95. The molecule has 0 unspecified atom stereocenters. The number of ether oxygens (including phenoxy) is 2. The molecule has 0 aliphatic carbocycles. The quantitative estimate of drug-likeness (QED) is 0.841. The molecule has 1 aliphatic heterocycles. The van der Waals surface area contributed by atoms with Gasteiger partial charge in [-0.1, -0.05) is 6.92 Å². The standard InChI is InChI=1S/C15H21NO3/c1-11-6-8-16(9-7-11)15(17)12-4-5-13(18-2)14(10-12)19-3/h4-5,10-11H,6-9H2,1-3H3. The zero-order valence-corrected chi connectivity index (χ0v) is 11.8. The van der Waals surface area contributed by atoms with Crippen LogP contribution in [0.1, 0.15) is 30.1 Å². The first-order valence-electron chi connectivity index (χ1n) is 6.67. The van der Waals surface area contributed by atoms with Crippen molar-refractivity contribution in [2.75, 3.05) is 27.3 Å². The molecule has 1 aliphatic rings. The van der Waals surface area contributed by atoms with E-state index >= 15 is 0 Å². The molecule has 19 heavy (non-hydrogen) atoms. The molecule has 0 aromatic heterocycles. The third-order valence-electron chi connectivity index (χ3n) is 3.70. The Hall–Kier alpha value is -1.71. The second kappa shape index (κ2) is 5.95. The van der Waals surface area contributed by atoms with Crippen LogP contribution in [0.4, 0.5) is 0 Å². The monoisotopic (exact) mass is 263 g/mol. The topological polar surface area (TPSA) is 38.8 Å². The Morgan fingerprint density at radius 1 is 1.16 bits per heavy atom. The Morgan fingerprint density at radius 3 is 2.37 bits per heavy atom. The minimum Gasteiger partial charge on any atom is -0.493 e. The SMILES string of the molecule is COc1ccc(C(=O)N2CCC(C)CC2)cc1OC. The third-order valence-corrected chi connectivity index (χ3v) is 3.70. The number of benzene rings is 1. The lowest BCUT2D eigenvalue weighted by Crippen LogP contribution is -2.37. The number of methoxy groups -OCH3 is 2. The molecule has 4 nitrogen and oxygen atoms in total. The summed E-state index contributed by atoms with van der Waals surface area (Å²) in [5.41, 5.74) is 0.659. The smallest absolute Gasteiger partial charge is 0.253 e. The van der Waals surface area contributed by atoms with Crippen LogP contribution < -0.4 is 9.47 Å². The van der Waals surface area contributed by atoms with Crippen LogP contribution >= 0.6 is 0 Å². The van der Waals surface area contributed by atoms with E-state index in [1.54, 1.807) is 32.4 Å². The summed E-state index contributed by atoms with van der Waals surface area (Å²) < 4.78 is 10.4. The summed E-state index contributed by atoms with van der Waals surface area (Å²) in [6, 6.07) is 5.32. The van der Waals surface area contributed by atoms with Crippen molar-refractivity contribution in [3.63, 3.8) is 0 Å². The fourth-order valence-electron chi connectivity index (χ4n) is 2.36.